The zero-order chi connectivity index (χ0) is 16.0. The van der Waals surface area contributed by atoms with Gasteiger partial charge in [0.15, 0.2) is 9.84 Å². The number of ether oxygens (including phenoxy) is 2. The normalized spacial score (nSPS) is 13.7. The Bertz CT molecular complexity index is 437. The van der Waals surface area contributed by atoms with E-state index >= 15 is 0 Å². The zero-order valence-electron chi connectivity index (χ0n) is 12.3. The second-order valence-corrected chi connectivity index (χ2v) is 7.62. The molecule has 0 heterocycles. The third-order valence-electron chi connectivity index (χ3n) is 2.30. The van der Waals surface area contributed by atoms with Crippen LogP contribution in [0, 0.1) is 0 Å². The minimum atomic E-state index is -3.46. The van der Waals surface area contributed by atoms with Gasteiger partial charge in [-0.3, -0.25) is 9.59 Å². The van der Waals surface area contributed by atoms with Gasteiger partial charge in [-0.2, -0.15) is 0 Å². The Morgan fingerprint density at radius 1 is 1.20 bits per heavy atom. The number of sulfone groups is 1. The summed E-state index contributed by atoms with van der Waals surface area (Å²) in [7, 11) is -3.46. The highest BCUT2D eigenvalue weighted by Gasteiger charge is 2.25. The van der Waals surface area contributed by atoms with E-state index in [1.807, 2.05) is 0 Å². The first-order chi connectivity index (χ1) is 8.91. The second kappa shape index (κ2) is 7.58. The molecule has 0 aliphatic heterocycles. The molecule has 0 aromatic rings. The SMILES string of the molecule is CC(=O)OCC(CS(=O)(=O)CCC(C)(C)N)OC(C)=O. The molecule has 2 N–H and O–H groups in total. The van der Waals surface area contributed by atoms with Crippen molar-refractivity contribution >= 4 is 21.8 Å². The minimum Gasteiger partial charge on any atom is -0.462 e. The molecule has 0 amide bonds. The van der Waals surface area contributed by atoms with Crippen molar-refractivity contribution in [3.8, 4) is 0 Å². The van der Waals surface area contributed by atoms with E-state index in [1.54, 1.807) is 13.8 Å². The summed E-state index contributed by atoms with van der Waals surface area (Å²) in [5, 5.41) is 0. The first kappa shape index (κ1) is 18.9. The van der Waals surface area contributed by atoms with Gasteiger partial charge in [-0.05, 0) is 20.3 Å². The van der Waals surface area contributed by atoms with Crippen LogP contribution >= 0.6 is 0 Å². The fourth-order valence-corrected chi connectivity index (χ4v) is 3.08. The van der Waals surface area contributed by atoms with Crippen molar-refractivity contribution in [1.29, 1.82) is 0 Å². The highest BCUT2D eigenvalue weighted by atomic mass is 32.2. The Hall–Kier alpha value is -1.15. The molecule has 1 unspecified atom stereocenters. The predicted octanol–water partition coefficient (Wildman–Crippen LogP) is 0.0234. The summed E-state index contributed by atoms with van der Waals surface area (Å²) in [6.45, 7) is 5.53. The summed E-state index contributed by atoms with van der Waals surface area (Å²) in [6, 6.07) is 0. The molecule has 1 atom stereocenters. The van der Waals surface area contributed by atoms with E-state index in [0.717, 1.165) is 6.92 Å². The average molecular weight is 309 g/mol. The second-order valence-electron chi connectivity index (χ2n) is 5.39. The van der Waals surface area contributed by atoms with Crippen LogP contribution in [0.1, 0.15) is 34.1 Å². The van der Waals surface area contributed by atoms with Gasteiger partial charge in [-0.15, -0.1) is 0 Å². The highest BCUT2D eigenvalue weighted by molar-refractivity contribution is 7.91. The van der Waals surface area contributed by atoms with Crippen LogP contribution in [0.5, 0.6) is 0 Å². The molecular formula is C12H23NO6S. The smallest absolute Gasteiger partial charge is 0.303 e. The number of carbonyl (C=O) groups excluding carboxylic acids is 2. The number of nitrogens with two attached hydrogens (primary N) is 1. The topological polar surface area (TPSA) is 113 Å². The van der Waals surface area contributed by atoms with Crippen molar-refractivity contribution in [2.24, 2.45) is 5.73 Å². The van der Waals surface area contributed by atoms with Crippen molar-refractivity contribution < 1.29 is 27.5 Å². The molecule has 0 fully saturated rings. The quantitative estimate of drug-likeness (QED) is 0.629. The number of hydrogen-bond donors (Lipinski definition) is 1. The highest BCUT2D eigenvalue weighted by Crippen LogP contribution is 2.09. The zero-order valence-corrected chi connectivity index (χ0v) is 13.2. The van der Waals surface area contributed by atoms with Gasteiger partial charge < -0.3 is 15.2 Å². The van der Waals surface area contributed by atoms with Gasteiger partial charge in [0.25, 0.3) is 0 Å². The molecule has 20 heavy (non-hydrogen) atoms. The summed E-state index contributed by atoms with van der Waals surface area (Å²) in [4.78, 5) is 21.7. The number of carbonyl (C=O) groups is 2. The first-order valence-corrected chi connectivity index (χ1v) is 8.03. The van der Waals surface area contributed by atoms with E-state index in [0.29, 0.717) is 0 Å². The van der Waals surface area contributed by atoms with E-state index in [1.165, 1.54) is 6.92 Å². The molecule has 7 nitrogen and oxygen atoms in total. The minimum absolute atomic E-state index is 0.117. The molecule has 118 valence electrons. The molecule has 0 spiro atoms. The largest absolute Gasteiger partial charge is 0.462 e. The van der Waals surface area contributed by atoms with Gasteiger partial charge in [0, 0.05) is 19.4 Å². The maximum atomic E-state index is 11.9. The third-order valence-corrected chi connectivity index (χ3v) is 4.01. The lowest BCUT2D eigenvalue weighted by molar-refractivity contribution is -0.154. The fraction of sp³-hybridized carbons (Fsp3) is 0.833. The summed E-state index contributed by atoms with van der Waals surface area (Å²) in [5.41, 5.74) is 5.14. The van der Waals surface area contributed by atoms with Crippen LogP contribution in [0.15, 0.2) is 0 Å². The monoisotopic (exact) mass is 309 g/mol. The van der Waals surface area contributed by atoms with Crippen molar-refractivity contribution in [3.63, 3.8) is 0 Å². The van der Waals surface area contributed by atoms with E-state index in [2.05, 4.69) is 0 Å². The maximum absolute atomic E-state index is 11.9. The number of hydrogen-bond acceptors (Lipinski definition) is 7. The van der Waals surface area contributed by atoms with Gasteiger partial charge in [-0.25, -0.2) is 8.42 Å². The van der Waals surface area contributed by atoms with E-state index in [4.69, 9.17) is 15.2 Å². The Morgan fingerprint density at radius 3 is 2.15 bits per heavy atom. The van der Waals surface area contributed by atoms with Crippen LogP contribution < -0.4 is 5.73 Å². The van der Waals surface area contributed by atoms with Crippen molar-refractivity contribution in [3.05, 3.63) is 0 Å². The predicted molar refractivity (Wildman–Crippen MR) is 73.7 cm³/mol. The van der Waals surface area contributed by atoms with Crippen molar-refractivity contribution in [2.75, 3.05) is 18.1 Å². The van der Waals surface area contributed by atoms with Gasteiger partial charge in [0.1, 0.15) is 12.7 Å². The van der Waals surface area contributed by atoms with E-state index in [-0.39, 0.29) is 18.8 Å². The van der Waals surface area contributed by atoms with Crippen LogP contribution in [0.4, 0.5) is 0 Å². The maximum Gasteiger partial charge on any atom is 0.303 e. The molecule has 0 aliphatic carbocycles. The fourth-order valence-electron chi connectivity index (χ4n) is 1.35. The lowest BCUT2D eigenvalue weighted by Crippen LogP contribution is -2.37. The Kier molecular flexibility index (Phi) is 7.15. The summed E-state index contributed by atoms with van der Waals surface area (Å²) >= 11 is 0. The molecule has 0 aromatic carbocycles. The Labute approximate surface area is 119 Å². The van der Waals surface area contributed by atoms with E-state index in [9.17, 15) is 18.0 Å². The molecule has 0 aromatic heterocycles. The Morgan fingerprint density at radius 2 is 1.75 bits per heavy atom. The van der Waals surface area contributed by atoms with Crippen molar-refractivity contribution in [2.45, 2.75) is 45.8 Å². The molecule has 0 radical (unpaired) electrons. The lowest BCUT2D eigenvalue weighted by atomic mass is 10.0. The number of esters is 2. The molecule has 0 rings (SSSR count). The van der Waals surface area contributed by atoms with Gasteiger partial charge >= 0.3 is 11.9 Å². The average Bonchev–Trinajstić information content (AvgIpc) is 2.21. The van der Waals surface area contributed by atoms with Gasteiger partial charge in [0.2, 0.25) is 0 Å². The standard InChI is InChI=1S/C12H23NO6S/c1-9(14)18-7-11(19-10(2)15)8-20(16,17)6-5-12(3,4)13/h11H,5-8,13H2,1-4H3. The lowest BCUT2D eigenvalue weighted by Gasteiger charge is -2.20. The van der Waals surface area contributed by atoms with E-state index < -0.39 is 39.2 Å². The van der Waals surface area contributed by atoms with Crippen LogP contribution in [0.2, 0.25) is 0 Å². The van der Waals surface area contributed by atoms with Crippen LogP contribution in [-0.2, 0) is 28.9 Å². The summed E-state index contributed by atoms with van der Waals surface area (Å²) < 4.78 is 33.4. The molecule has 0 bridgehead atoms. The first-order valence-electron chi connectivity index (χ1n) is 6.21. The summed E-state index contributed by atoms with van der Waals surface area (Å²) in [5.74, 6) is -1.70. The molecule has 0 saturated carbocycles. The van der Waals surface area contributed by atoms with Crippen LogP contribution in [0.25, 0.3) is 0 Å². The third kappa shape index (κ3) is 10.7. The molecular weight excluding hydrogens is 286 g/mol. The molecule has 8 heteroatoms. The molecule has 0 aliphatic rings. The van der Waals surface area contributed by atoms with Crippen molar-refractivity contribution in [1.82, 2.24) is 0 Å². The van der Waals surface area contributed by atoms with Crippen LogP contribution in [-0.4, -0.2) is 50.1 Å². The Balaban J connectivity index is 4.60. The molecule has 0 saturated heterocycles. The van der Waals surface area contributed by atoms with Gasteiger partial charge in [-0.1, -0.05) is 0 Å². The van der Waals surface area contributed by atoms with Crippen LogP contribution in [0.3, 0.4) is 0 Å². The van der Waals surface area contributed by atoms with Gasteiger partial charge in [0.05, 0.1) is 11.5 Å². The number of rotatable bonds is 8. The summed E-state index contributed by atoms with van der Waals surface area (Å²) in [6.07, 6.45) is -0.710.